The molecule has 0 radical (unpaired) electrons. The van der Waals surface area contributed by atoms with E-state index in [2.05, 4.69) is 24.4 Å². The number of carbonyl (C=O) groups is 1. The van der Waals surface area contributed by atoms with Crippen molar-refractivity contribution in [3.05, 3.63) is 29.8 Å². The molecule has 0 heterocycles. The van der Waals surface area contributed by atoms with Gasteiger partial charge in [0.25, 0.3) is 0 Å². The van der Waals surface area contributed by atoms with Gasteiger partial charge in [-0.15, -0.1) is 0 Å². The van der Waals surface area contributed by atoms with Crippen LogP contribution in [0, 0.1) is 12.8 Å². The van der Waals surface area contributed by atoms with Gasteiger partial charge < -0.3 is 10.1 Å². The van der Waals surface area contributed by atoms with Gasteiger partial charge >= 0.3 is 5.97 Å². The number of benzene rings is 1. The molecule has 3 heteroatoms. The normalized spacial score (nSPS) is 17.8. The predicted octanol–water partition coefficient (Wildman–Crippen LogP) is 4.31. The molecule has 1 aromatic carbocycles. The van der Waals surface area contributed by atoms with Crippen LogP contribution in [0.1, 0.15) is 51.0 Å². The summed E-state index contributed by atoms with van der Waals surface area (Å²) >= 11 is 0. The van der Waals surface area contributed by atoms with E-state index >= 15 is 0 Å². The van der Waals surface area contributed by atoms with Gasteiger partial charge in [0.15, 0.2) is 0 Å². The van der Waals surface area contributed by atoms with E-state index in [0.717, 1.165) is 18.5 Å². The van der Waals surface area contributed by atoms with Crippen molar-refractivity contribution in [2.45, 2.75) is 58.4 Å². The summed E-state index contributed by atoms with van der Waals surface area (Å²) in [5, 5.41) is 3.43. The Morgan fingerprint density at radius 3 is 2.62 bits per heavy atom. The van der Waals surface area contributed by atoms with Gasteiger partial charge in [-0.05, 0) is 50.3 Å². The molecule has 21 heavy (non-hydrogen) atoms. The second-order valence-corrected chi connectivity index (χ2v) is 6.00. The first-order chi connectivity index (χ1) is 10.2. The lowest BCUT2D eigenvalue weighted by Gasteiger charge is -2.26. The summed E-state index contributed by atoms with van der Waals surface area (Å²) in [6, 6.07) is 7.98. The topological polar surface area (TPSA) is 38.3 Å². The van der Waals surface area contributed by atoms with Crippen molar-refractivity contribution < 1.29 is 9.53 Å². The fourth-order valence-corrected chi connectivity index (χ4v) is 3.16. The molecular formula is C18H27NO2. The van der Waals surface area contributed by atoms with Gasteiger partial charge in [0.05, 0.1) is 6.61 Å². The van der Waals surface area contributed by atoms with Gasteiger partial charge in [-0.25, -0.2) is 4.79 Å². The molecule has 0 amide bonds. The number of hydrogen-bond donors (Lipinski definition) is 1. The molecule has 0 spiro atoms. The van der Waals surface area contributed by atoms with E-state index in [1.54, 1.807) is 0 Å². The van der Waals surface area contributed by atoms with Crippen molar-refractivity contribution in [3.63, 3.8) is 0 Å². The molecule has 1 saturated carbocycles. The monoisotopic (exact) mass is 289 g/mol. The van der Waals surface area contributed by atoms with Gasteiger partial charge in [-0.1, -0.05) is 37.8 Å². The van der Waals surface area contributed by atoms with Gasteiger partial charge in [0.1, 0.15) is 6.04 Å². The van der Waals surface area contributed by atoms with Crippen LogP contribution in [0.25, 0.3) is 0 Å². The molecule has 1 atom stereocenters. The van der Waals surface area contributed by atoms with Crippen LogP contribution in [0.2, 0.25) is 0 Å². The van der Waals surface area contributed by atoms with Gasteiger partial charge in [0.2, 0.25) is 0 Å². The highest BCUT2D eigenvalue weighted by atomic mass is 16.5. The second-order valence-electron chi connectivity index (χ2n) is 6.00. The molecule has 0 aliphatic heterocycles. The Morgan fingerprint density at radius 1 is 1.29 bits per heavy atom. The summed E-state index contributed by atoms with van der Waals surface area (Å²) in [5.41, 5.74) is 2.21. The summed E-state index contributed by atoms with van der Waals surface area (Å²) < 4.78 is 5.30. The van der Waals surface area contributed by atoms with Crippen molar-refractivity contribution in [1.82, 2.24) is 0 Å². The maximum absolute atomic E-state index is 12.4. The Balaban J connectivity index is 2.12. The van der Waals surface area contributed by atoms with Crippen molar-refractivity contribution in [3.8, 4) is 0 Å². The smallest absolute Gasteiger partial charge is 0.328 e. The number of nitrogens with one attached hydrogen (secondary N) is 1. The lowest BCUT2D eigenvalue weighted by atomic mass is 9.91. The molecule has 0 bridgehead atoms. The molecule has 2 rings (SSSR count). The first kappa shape index (κ1) is 15.9. The Morgan fingerprint density at radius 2 is 2.00 bits per heavy atom. The summed E-state index contributed by atoms with van der Waals surface area (Å²) in [4.78, 5) is 12.4. The van der Waals surface area contributed by atoms with E-state index in [-0.39, 0.29) is 12.0 Å². The maximum atomic E-state index is 12.4. The number of esters is 1. The van der Waals surface area contributed by atoms with E-state index in [1.807, 2.05) is 19.1 Å². The summed E-state index contributed by atoms with van der Waals surface area (Å²) in [5.74, 6) is 0.276. The molecule has 0 aromatic heterocycles. The molecule has 1 aromatic rings. The highest BCUT2D eigenvalue weighted by Gasteiger charge is 2.29. The van der Waals surface area contributed by atoms with Gasteiger partial charge in [0, 0.05) is 5.69 Å². The minimum absolute atomic E-state index is 0.106. The first-order valence-corrected chi connectivity index (χ1v) is 8.20. The fraction of sp³-hybridized carbons (Fsp3) is 0.611. The quantitative estimate of drug-likeness (QED) is 0.648. The first-order valence-electron chi connectivity index (χ1n) is 8.20. The highest BCUT2D eigenvalue weighted by molar-refractivity contribution is 5.79. The third-order valence-electron chi connectivity index (χ3n) is 4.25. The average molecular weight is 289 g/mol. The Kier molecular flexibility index (Phi) is 6.09. The lowest BCUT2D eigenvalue weighted by molar-refractivity contribution is -0.145. The third-order valence-corrected chi connectivity index (χ3v) is 4.25. The lowest BCUT2D eigenvalue weighted by Crippen LogP contribution is -2.38. The third kappa shape index (κ3) is 4.76. The SMILES string of the molecule is CCOC(=O)C(Nc1cccc(C)c1)C1CCCCCC1. The molecule has 1 N–H and O–H groups in total. The zero-order valence-corrected chi connectivity index (χ0v) is 13.2. The second kappa shape index (κ2) is 8.06. The predicted molar refractivity (Wildman–Crippen MR) is 86.4 cm³/mol. The Bertz CT molecular complexity index is 450. The number of carbonyl (C=O) groups excluding carboxylic acids is 1. The molecule has 3 nitrogen and oxygen atoms in total. The maximum Gasteiger partial charge on any atom is 0.328 e. The van der Waals surface area contributed by atoms with E-state index in [4.69, 9.17) is 4.74 Å². The van der Waals surface area contributed by atoms with E-state index in [0.29, 0.717) is 12.5 Å². The van der Waals surface area contributed by atoms with E-state index in [1.165, 1.54) is 31.2 Å². The minimum atomic E-state index is -0.218. The van der Waals surface area contributed by atoms with Crippen LogP contribution in [0.5, 0.6) is 0 Å². The highest BCUT2D eigenvalue weighted by Crippen LogP contribution is 2.28. The van der Waals surface area contributed by atoms with Gasteiger partial charge in [-0.2, -0.15) is 0 Å². The van der Waals surface area contributed by atoms with E-state index in [9.17, 15) is 4.79 Å². The molecular weight excluding hydrogens is 262 g/mol. The zero-order valence-electron chi connectivity index (χ0n) is 13.2. The number of anilines is 1. The van der Waals surface area contributed by atoms with E-state index < -0.39 is 0 Å². The van der Waals surface area contributed by atoms with Gasteiger partial charge in [-0.3, -0.25) is 0 Å². The average Bonchev–Trinajstić information content (AvgIpc) is 2.74. The zero-order chi connectivity index (χ0) is 15.1. The minimum Gasteiger partial charge on any atom is -0.464 e. The van der Waals surface area contributed by atoms with Crippen LogP contribution >= 0.6 is 0 Å². The van der Waals surface area contributed by atoms with Crippen molar-refractivity contribution in [1.29, 1.82) is 0 Å². The molecule has 1 fully saturated rings. The number of hydrogen-bond acceptors (Lipinski definition) is 3. The number of aryl methyl sites for hydroxylation is 1. The van der Waals surface area contributed by atoms with Crippen molar-refractivity contribution in [2.75, 3.05) is 11.9 Å². The van der Waals surface area contributed by atoms with Crippen LogP contribution < -0.4 is 5.32 Å². The van der Waals surface area contributed by atoms with Crippen LogP contribution in [0.4, 0.5) is 5.69 Å². The number of ether oxygens (including phenoxy) is 1. The summed E-state index contributed by atoms with van der Waals surface area (Å²) in [6.07, 6.45) is 7.24. The largest absolute Gasteiger partial charge is 0.464 e. The fourth-order valence-electron chi connectivity index (χ4n) is 3.16. The van der Waals surface area contributed by atoms with Crippen LogP contribution in [-0.4, -0.2) is 18.6 Å². The summed E-state index contributed by atoms with van der Waals surface area (Å²) in [6.45, 7) is 4.38. The Labute approximate surface area is 128 Å². The van der Waals surface area contributed by atoms with Crippen LogP contribution in [-0.2, 0) is 9.53 Å². The van der Waals surface area contributed by atoms with Crippen molar-refractivity contribution in [2.24, 2.45) is 5.92 Å². The molecule has 1 unspecified atom stereocenters. The van der Waals surface area contributed by atoms with Crippen LogP contribution in [0.3, 0.4) is 0 Å². The molecule has 1 aliphatic rings. The standard InChI is InChI=1S/C18H27NO2/c1-3-21-18(20)17(15-10-6-4-5-7-11-15)19-16-12-8-9-14(2)13-16/h8-9,12-13,15,17,19H,3-7,10-11H2,1-2H3. The molecule has 1 aliphatic carbocycles. The number of rotatable bonds is 5. The summed E-state index contributed by atoms with van der Waals surface area (Å²) in [7, 11) is 0. The van der Waals surface area contributed by atoms with Crippen LogP contribution in [0.15, 0.2) is 24.3 Å². The molecule has 0 saturated heterocycles. The van der Waals surface area contributed by atoms with Crippen molar-refractivity contribution >= 4 is 11.7 Å². The Hall–Kier alpha value is -1.51. The molecule has 116 valence electrons.